The first-order valence-electron chi connectivity index (χ1n) is 8.20. The molecule has 1 unspecified atom stereocenters. The molecule has 0 aliphatic carbocycles. The minimum Gasteiger partial charge on any atom is -0.352 e. The lowest BCUT2D eigenvalue weighted by molar-refractivity contribution is -0.122. The predicted molar refractivity (Wildman–Crippen MR) is 87.6 cm³/mol. The minimum absolute atomic E-state index is 0.0607. The zero-order valence-electron chi connectivity index (χ0n) is 13.5. The maximum Gasteiger partial charge on any atom is 0.253 e. The highest BCUT2D eigenvalue weighted by Crippen LogP contribution is 2.14. The Kier molecular flexibility index (Phi) is 5.99. The van der Waals surface area contributed by atoms with Crippen LogP contribution in [0.25, 0.3) is 0 Å². The molecule has 1 heterocycles. The monoisotopic (exact) mass is 302 g/mol. The molecule has 0 saturated carbocycles. The molecular formula is C18H26N2O2. The molecule has 0 radical (unpaired) electrons. The van der Waals surface area contributed by atoms with Crippen LogP contribution in [0.3, 0.4) is 0 Å². The van der Waals surface area contributed by atoms with Crippen LogP contribution in [-0.4, -0.2) is 35.8 Å². The summed E-state index contributed by atoms with van der Waals surface area (Å²) >= 11 is 0. The Labute approximate surface area is 132 Å². The predicted octanol–water partition coefficient (Wildman–Crippen LogP) is 2.84. The standard InChI is InChI=1S/C18H26N2O2/c1-14(2)12-17(21)19-16-10-6-7-11-20(13-16)18(22)15-8-4-3-5-9-15/h3-5,8-9,14,16H,6-7,10-13H2,1-2H3,(H,19,21). The summed E-state index contributed by atoms with van der Waals surface area (Å²) in [6, 6.07) is 9.44. The molecule has 1 saturated heterocycles. The van der Waals surface area contributed by atoms with Crippen LogP contribution >= 0.6 is 0 Å². The van der Waals surface area contributed by atoms with E-state index in [9.17, 15) is 9.59 Å². The third-order valence-electron chi connectivity index (χ3n) is 3.94. The fourth-order valence-corrected chi connectivity index (χ4v) is 2.86. The zero-order valence-corrected chi connectivity index (χ0v) is 13.5. The molecule has 1 aliphatic heterocycles. The summed E-state index contributed by atoms with van der Waals surface area (Å²) in [7, 11) is 0. The lowest BCUT2D eigenvalue weighted by atomic mass is 10.1. The number of carbonyl (C=O) groups excluding carboxylic acids is 2. The molecule has 22 heavy (non-hydrogen) atoms. The number of carbonyl (C=O) groups is 2. The second kappa shape index (κ2) is 7.97. The normalized spacial score (nSPS) is 18.9. The van der Waals surface area contributed by atoms with Gasteiger partial charge in [-0.15, -0.1) is 0 Å². The SMILES string of the molecule is CC(C)CC(=O)NC1CCCCN(C(=O)c2ccccc2)C1. The van der Waals surface area contributed by atoms with Gasteiger partial charge in [0.15, 0.2) is 0 Å². The summed E-state index contributed by atoms with van der Waals surface area (Å²) in [6.07, 6.45) is 3.53. The van der Waals surface area contributed by atoms with E-state index < -0.39 is 0 Å². The quantitative estimate of drug-likeness (QED) is 0.930. The van der Waals surface area contributed by atoms with Crippen molar-refractivity contribution in [2.24, 2.45) is 5.92 Å². The molecule has 1 aliphatic rings. The van der Waals surface area contributed by atoms with Crippen molar-refractivity contribution in [1.82, 2.24) is 10.2 Å². The van der Waals surface area contributed by atoms with Gasteiger partial charge in [-0.25, -0.2) is 0 Å². The summed E-state index contributed by atoms with van der Waals surface area (Å²) in [5.74, 6) is 0.507. The van der Waals surface area contributed by atoms with Gasteiger partial charge < -0.3 is 10.2 Å². The highest BCUT2D eigenvalue weighted by molar-refractivity contribution is 5.94. The van der Waals surface area contributed by atoms with Crippen molar-refractivity contribution in [2.45, 2.75) is 45.6 Å². The number of nitrogens with zero attached hydrogens (tertiary/aromatic N) is 1. The van der Waals surface area contributed by atoms with Crippen molar-refractivity contribution >= 4 is 11.8 Å². The van der Waals surface area contributed by atoms with Crippen molar-refractivity contribution in [1.29, 1.82) is 0 Å². The van der Waals surface area contributed by atoms with Crippen molar-refractivity contribution in [3.05, 3.63) is 35.9 Å². The van der Waals surface area contributed by atoms with E-state index in [0.717, 1.165) is 31.4 Å². The summed E-state index contributed by atoms with van der Waals surface area (Å²) in [5.41, 5.74) is 0.719. The highest BCUT2D eigenvalue weighted by atomic mass is 16.2. The summed E-state index contributed by atoms with van der Waals surface area (Å²) < 4.78 is 0. The van der Waals surface area contributed by atoms with Crippen LogP contribution in [0.4, 0.5) is 0 Å². The Morgan fingerprint density at radius 2 is 1.95 bits per heavy atom. The Bertz CT molecular complexity index is 499. The average Bonchev–Trinajstić information content (AvgIpc) is 2.72. The van der Waals surface area contributed by atoms with Crippen LogP contribution < -0.4 is 5.32 Å². The van der Waals surface area contributed by atoms with E-state index >= 15 is 0 Å². The summed E-state index contributed by atoms with van der Waals surface area (Å²) in [5, 5.41) is 3.09. The lowest BCUT2D eigenvalue weighted by Gasteiger charge is -2.25. The van der Waals surface area contributed by atoms with E-state index in [-0.39, 0.29) is 17.9 Å². The van der Waals surface area contributed by atoms with Crippen molar-refractivity contribution in [2.75, 3.05) is 13.1 Å². The van der Waals surface area contributed by atoms with Gasteiger partial charge in [0.25, 0.3) is 5.91 Å². The van der Waals surface area contributed by atoms with Gasteiger partial charge in [-0.1, -0.05) is 32.0 Å². The van der Waals surface area contributed by atoms with Crippen LogP contribution in [0, 0.1) is 5.92 Å². The van der Waals surface area contributed by atoms with Crippen LogP contribution in [0.2, 0.25) is 0 Å². The van der Waals surface area contributed by atoms with E-state index in [4.69, 9.17) is 0 Å². The van der Waals surface area contributed by atoms with Gasteiger partial charge in [0.2, 0.25) is 5.91 Å². The number of rotatable bonds is 4. The van der Waals surface area contributed by atoms with Gasteiger partial charge >= 0.3 is 0 Å². The second-order valence-corrected chi connectivity index (χ2v) is 6.48. The van der Waals surface area contributed by atoms with Gasteiger partial charge in [-0.2, -0.15) is 0 Å². The zero-order chi connectivity index (χ0) is 15.9. The molecule has 1 N–H and O–H groups in total. The second-order valence-electron chi connectivity index (χ2n) is 6.48. The first-order valence-corrected chi connectivity index (χ1v) is 8.20. The average molecular weight is 302 g/mol. The number of benzene rings is 1. The van der Waals surface area contributed by atoms with E-state index in [1.54, 1.807) is 0 Å². The van der Waals surface area contributed by atoms with Crippen molar-refractivity contribution < 1.29 is 9.59 Å². The van der Waals surface area contributed by atoms with Crippen LogP contribution in [0.1, 0.15) is 49.9 Å². The minimum atomic E-state index is 0.0607. The van der Waals surface area contributed by atoms with Gasteiger partial charge in [-0.05, 0) is 37.3 Å². The first kappa shape index (κ1) is 16.5. The summed E-state index contributed by atoms with van der Waals surface area (Å²) in [4.78, 5) is 26.4. The molecule has 1 aromatic carbocycles. The number of amides is 2. The molecule has 4 nitrogen and oxygen atoms in total. The number of likely N-dealkylation sites (tertiary alicyclic amines) is 1. The Morgan fingerprint density at radius 1 is 1.23 bits per heavy atom. The largest absolute Gasteiger partial charge is 0.352 e. The van der Waals surface area contributed by atoms with E-state index in [1.165, 1.54) is 0 Å². The van der Waals surface area contributed by atoms with Crippen LogP contribution in [0.5, 0.6) is 0 Å². The van der Waals surface area contributed by atoms with Gasteiger partial charge in [0.1, 0.15) is 0 Å². The maximum absolute atomic E-state index is 12.6. The van der Waals surface area contributed by atoms with Crippen molar-refractivity contribution in [3.63, 3.8) is 0 Å². The Hall–Kier alpha value is -1.84. The molecule has 2 amide bonds. The number of hydrogen-bond donors (Lipinski definition) is 1. The third-order valence-corrected chi connectivity index (χ3v) is 3.94. The molecule has 120 valence electrons. The van der Waals surface area contributed by atoms with Crippen molar-refractivity contribution in [3.8, 4) is 0 Å². The van der Waals surface area contributed by atoms with Gasteiger partial charge in [-0.3, -0.25) is 9.59 Å². The topological polar surface area (TPSA) is 49.4 Å². The molecule has 2 rings (SSSR count). The fourth-order valence-electron chi connectivity index (χ4n) is 2.86. The molecule has 1 fully saturated rings. The van der Waals surface area contributed by atoms with E-state index in [1.807, 2.05) is 49.1 Å². The number of nitrogens with one attached hydrogen (secondary N) is 1. The highest BCUT2D eigenvalue weighted by Gasteiger charge is 2.24. The lowest BCUT2D eigenvalue weighted by Crippen LogP contribution is -2.44. The van der Waals surface area contributed by atoms with E-state index in [0.29, 0.717) is 18.9 Å². The molecule has 0 aromatic heterocycles. The van der Waals surface area contributed by atoms with E-state index in [2.05, 4.69) is 5.32 Å². The Balaban J connectivity index is 1.98. The van der Waals surface area contributed by atoms with Crippen LogP contribution in [-0.2, 0) is 4.79 Å². The molecule has 0 bridgehead atoms. The maximum atomic E-state index is 12.6. The first-order chi connectivity index (χ1) is 10.6. The smallest absolute Gasteiger partial charge is 0.253 e. The molecule has 0 spiro atoms. The van der Waals surface area contributed by atoms with Gasteiger partial charge in [0, 0.05) is 31.1 Å². The molecule has 1 atom stereocenters. The third kappa shape index (κ3) is 4.86. The van der Waals surface area contributed by atoms with Gasteiger partial charge in [0.05, 0.1) is 0 Å². The van der Waals surface area contributed by atoms with Crippen LogP contribution in [0.15, 0.2) is 30.3 Å². The molecule has 4 heteroatoms. The Morgan fingerprint density at radius 3 is 2.64 bits per heavy atom. The summed E-state index contributed by atoms with van der Waals surface area (Å²) in [6.45, 7) is 5.46. The molecule has 1 aromatic rings. The fraction of sp³-hybridized carbons (Fsp3) is 0.556. The molecular weight excluding hydrogens is 276 g/mol. The number of hydrogen-bond acceptors (Lipinski definition) is 2.